The molecular formula is C21H23F2N3O4. The van der Waals surface area contributed by atoms with Crippen molar-refractivity contribution < 1.29 is 23.4 Å². The molecule has 3 aliphatic rings. The van der Waals surface area contributed by atoms with Gasteiger partial charge in [0.25, 0.3) is 0 Å². The quantitative estimate of drug-likeness (QED) is 0.751. The molecule has 0 bridgehead atoms. The predicted octanol–water partition coefficient (Wildman–Crippen LogP) is 3.20. The van der Waals surface area contributed by atoms with E-state index in [9.17, 15) is 9.59 Å². The fraction of sp³-hybridized carbons (Fsp3) is 0.524. The number of ether oxygens (including phenoxy) is 1. The van der Waals surface area contributed by atoms with Gasteiger partial charge < -0.3 is 19.3 Å². The smallest absolute Gasteiger partial charge is 0.449 e. The summed E-state index contributed by atoms with van der Waals surface area (Å²) in [6, 6.07) is 0.952. The number of nitrogens with zero attached hydrogens (tertiary/aromatic N) is 3. The average Bonchev–Trinajstić information content (AvgIpc) is 3.59. The summed E-state index contributed by atoms with van der Waals surface area (Å²) in [5.74, 6) is -1.27. The molecule has 160 valence electrons. The Hall–Kier alpha value is -2.68. The highest BCUT2D eigenvalue weighted by Gasteiger charge is 2.32. The molecule has 5 rings (SSSR count). The maximum Gasteiger partial charge on any atom is 0.511 e. The molecule has 1 aliphatic heterocycles. The summed E-state index contributed by atoms with van der Waals surface area (Å²) in [6.07, 6.45) is 3.66. The molecule has 9 heteroatoms. The van der Waals surface area contributed by atoms with Crippen LogP contribution in [0.1, 0.15) is 31.7 Å². The number of aromatic nitrogens is 1. The molecule has 2 aliphatic carbocycles. The lowest BCUT2D eigenvalue weighted by Gasteiger charge is -2.36. The van der Waals surface area contributed by atoms with Gasteiger partial charge in [-0.15, -0.1) is 0 Å². The summed E-state index contributed by atoms with van der Waals surface area (Å²) in [4.78, 5) is 27.6. The minimum atomic E-state index is -1.64. The third-order valence-electron chi connectivity index (χ3n) is 6.19. The molecule has 1 aromatic heterocycles. The second kappa shape index (κ2) is 7.23. The molecule has 30 heavy (non-hydrogen) atoms. The molecule has 1 aromatic carbocycles. The Balaban J connectivity index is 1.55. The normalized spacial score (nSPS) is 20.0. The number of hydrogen-bond donors (Lipinski definition) is 1. The molecule has 0 unspecified atom stereocenters. The van der Waals surface area contributed by atoms with Crippen LogP contribution in [-0.4, -0.2) is 53.5 Å². The monoisotopic (exact) mass is 419 g/mol. The fourth-order valence-corrected chi connectivity index (χ4v) is 4.32. The number of rotatable bonds is 5. The highest BCUT2D eigenvalue weighted by molar-refractivity contribution is 5.86. The Kier molecular flexibility index (Phi) is 4.65. The Morgan fingerprint density at radius 1 is 1.13 bits per heavy atom. The molecule has 0 atom stereocenters. The van der Waals surface area contributed by atoms with Gasteiger partial charge >= 0.3 is 6.16 Å². The number of halogens is 2. The van der Waals surface area contributed by atoms with Crippen molar-refractivity contribution in [3.8, 4) is 5.75 Å². The van der Waals surface area contributed by atoms with Crippen molar-refractivity contribution in [1.29, 1.82) is 0 Å². The van der Waals surface area contributed by atoms with Crippen LogP contribution in [0.15, 0.2) is 17.1 Å². The van der Waals surface area contributed by atoms with Crippen molar-refractivity contribution in [1.82, 2.24) is 9.47 Å². The van der Waals surface area contributed by atoms with Crippen molar-refractivity contribution in [2.75, 3.05) is 37.6 Å². The minimum absolute atomic E-state index is 0.0112. The second-order valence-corrected chi connectivity index (χ2v) is 8.48. The largest absolute Gasteiger partial charge is 0.511 e. The fourth-order valence-electron chi connectivity index (χ4n) is 4.32. The first-order valence-corrected chi connectivity index (χ1v) is 10.4. The molecule has 1 saturated heterocycles. The molecule has 3 fully saturated rings. The Bertz CT molecular complexity index is 1070. The molecule has 2 saturated carbocycles. The molecule has 1 N–H and O–H groups in total. The van der Waals surface area contributed by atoms with Gasteiger partial charge in [0.2, 0.25) is 5.43 Å². The Labute approximate surface area is 171 Å². The van der Waals surface area contributed by atoms with E-state index >= 15 is 8.78 Å². The number of piperazine rings is 1. The summed E-state index contributed by atoms with van der Waals surface area (Å²) in [5, 5.41) is 8.68. The van der Waals surface area contributed by atoms with Gasteiger partial charge in [0, 0.05) is 38.8 Å². The van der Waals surface area contributed by atoms with E-state index in [4.69, 9.17) is 5.11 Å². The molecule has 2 heterocycles. The summed E-state index contributed by atoms with van der Waals surface area (Å²) in [7, 11) is 0. The van der Waals surface area contributed by atoms with E-state index in [-0.39, 0.29) is 22.6 Å². The second-order valence-electron chi connectivity index (χ2n) is 8.48. The van der Waals surface area contributed by atoms with E-state index in [1.807, 2.05) is 0 Å². The molecule has 0 amide bonds. The van der Waals surface area contributed by atoms with Gasteiger partial charge in [-0.05, 0) is 37.7 Å². The molecule has 0 radical (unpaired) electrons. The van der Waals surface area contributed by atoms with Crippen molar-refractivity contribution in [3.63, 3.8) is 0 Å². The molecular weight excluding hydrogens is 396 g/mol. The lowest BCUT2D eigenvalue weighted by Crippen LogP contribution is -2.47. The lowest BCUT2D eigenvalue weighted by molar-refractivity contribution is 0.143. The third-order valence-corrected chi connectivity index (χ3v) is 6.19. The maximum atomic E-state index is 15.6. The maximum absolute atomic E-state index is 15.6. The number of fused-ring (bicyclic) bond motifs is 1. The van der Waals surface area contributed by atoms with Crippen LogP contribution in [0, 0.1) is 17.6 Å². The van der Waals surface area contributed by atoms with Crippen molar-refractivity contribution >= 4 is 22.7 Å². The summed E-state index contributed by atoms with van der Waals surface area (Å²) < 4.78 is 36.7. The van der Waals surface area contributed by atoms with Crippen LogP contribution in [0.4, 0.5) is 19.3 Å². The van der Waals surface area contributed by atoms with Crippen LogP contribution < -0.4 is 15.1 Å². The topological polar surface area (TPSA) is 75.0 Å². The van der Waals surface area contributed by atoms with Crippen LogP contribution in [0.2, 0.25) is 0 Å². The molecule has 0 spiro atoms. The van der Waals surface area contributed by atoms with E-state index < -0.39 is 29.0 Å². The van der Waals surface area contributed by atoms with Crippen molar-refractivity contribution in [2.45, 2.75) is 31.7 Å². The van der Waals surface area contributed by atoms with Crippen LogP contribution >= 0.6 is 0 Å². The van der Waals surface area contributed by atoms with Gasteiger partial charge in [0.15, 0.2) is 11.6 Å². The average molecular weight is 419 g/mol. The number of carboxylic acid groups (broad SMARTS) is 1. The first kappa shape index (κ1) is 19.3. The molecule has 7 nitrogen and oxygen atoms in total. The lowest BCUT2D eigenvalue weighted by atomic mass is 10.1. The van der Waals surface area contributed by atoms with Crippen molar-refractivity contribution in [3.05, 3.63) is 34.1 Å². The number of benzene rings is 1. The third kappa shape index (κ3) is 3.51. The number of pyridine rings is 1. The first-order chi connectivity index (χ1) is 14.4. The van der Waals surface area contributed by atoms with E-state index in [2.05, 4.69) is 9.64 Å². The highest BCUT2D eigenvalue weighted by atomic mass is 19.1. The van der Waals surface area contributed by atoms with E-state index in [1.165, 1.54) is 23.6 Å². The van der Waals surface area contributed by atoms with Gasteiger partial charge in [-0.3, -0.25) is 9.69 Å². The minimum Gasteiger partial charge on any atom is -0.449 e. The van der Waals surface area contributed by atoms with Gasteiger partial charge in [-0.25, -0.2) is 13.6 Å². The highest BCUT2D eigenvalue weighted by Crippen LogP contribution is 2.40. The van der Waals surface area contributed by atoms with Crippen LogP contribution in [-0.2, 0) is 0 Å². The van der Waals surface area contributed by atoms with Crippen molar-refractivity contribution in [2.24, 2.45) is 5.92 Å². The SMILES string of the molecule is O=C(O)Oc1cn(C2CC2)c2c(F)c(N3CCN(CC4CC4)CC3)c(F)cc2c1=O. The van der Waals surface area contributed by atoms with Gasteiger partial charge in [-0.2, -0.15) is 0 Å². The van der Waals surface area contributed by atoms with E-state index in [1.54, 1.807) is 4.90 Å². The van der Waals surface area contributed by atoms with Gasteiger partial charge in [0.1, 0.15) is 11.5 Å². The zero-order chi connectivity index (χ0) is 21.0. The van der Waals surface area contributed by atoms with Crippen LogP contribution in [0.3, 0.4) is 0 Å². The summed E-state index contributed by atoms with van der Waals surface area (Å²) in [5.41, 5.74) is -0.936. The number of anilines is 1. The first-order valence-electron chi connectivity index (χ1n) is 10.4. The van der Waals surface area contributed by atoms with E-state index in [0.717, 1.165) is 44.5 Å². The van der Waals surface area contributed by atoms with Gasteiger partial charge in [0.05, 0.1) is 17.1 Å². The Morgan fingerprint density at radius 3 is 2.43 bits per heavy atom. The zero-order valence-corrected chi connectivity index (χ0v) is 16.4. The summed E-state index contributed by atoms with van der Waals surface area (Å²) >= 11 is 0. The zero-order valence-electron chi connectivity index (χ0n) is 16.4. The number of carbonyl (C=O) groups is 1. The van der Waals surface area contributed by atoms with E-state index in [0.29, 0.717) is 13.1 Å². The standard InChI is InChI=1S/C21H23F2N3O4/c22-15-9-14-18(26(13-3-4-13)11-16(20(14)27)30-21(28)29)17(23)19(15)25-7-5-24(6-8-25)10-12-1-2-12/h9,11-13H,1-8,10H2,(H,28,29). The number of hydrogen-bond acceptors (Lipinski definition) is 5. The predicted molar refractivity (Wildman–Crippen MR) is 106 cm³/mol. The molecule has 2 aromatic rings. The Morgan fingerprint density at radius 2 is 1.83 bits per heavy atom. The summed E-state index contributed by atoms with van der Waals surface area (Å²) in [6.45, 7) is 3.56. The van der Waals surface area contributed by atoms with Gasteiger partial charge in [-0.1, -0.05) is 0 Å². The van der Waals surface area contributed by atoms with Crippen LogP contribution in [0.25, 0.3) is 10.9 Å². The van der Waals surface area contributed by atoms with Crippen LogP contribution in [0.5, 0.6) is 5.75 Å².